The van der Waals surface area contributed by atoms with E-state index in [1.54, 1.807) is 0 Å². The molecule has 0 amide bonds. The van der Waals surface area contributed by atoms with Crippen LogP contribution in [0.4, 0.5) is 11.9 Å². The second-order valence-corrected chi connectivity index (χ2v) is 6.68. The molecule has 21 heavy (non-hydrogen) atoms. The van der Waals surface area contributed by atoms with E-state index in [4.69, 9.17) is 11.6 Å². The third-order valence-electron chi connectivity index (χ3n) is 4.85. The minimum absolute atomic E-state index is 0.303. The van der Waals surface area contributed by atoms with Gasteiger partial charge in [0.15, 0.2) is 0 Å². The number of anilines is 2. The largest absolute Gasteiger partial charge is 0.341 e. The summed E-state index contributed by atoms with van der Waals surface area (Å²) < 4.78 is 0. The lowest BCUT2D eigenvalue weighted by Gasteiger charge is -2.36. The van der Waals surface area contributed by atoms with Crippen LogP contribution in [0.5, 0.6) is 0 Å². The summed E-state index contributed by atoms with van der Waals surface area (Å²) in [5, 5.41) is 0.303. The predicted molar refractivity (Wildman–Crippen MR) is 86.1 cm³/mol. The van der Waals surface area contributed by atoms with Gasteiger partial charge in [-0.25, -0.2) is 0 Å². The summed E-state index contributed by atoms with van der Waals surface area (Å²) in [6, 6.07) is 0.503. The molecule has 1 aromatic rings. The SMILES string of the molecule is CC1CCCCC1N(C)c1nc(Cl)nc(N2CCCC2)n1. The van der Waals surface area contributed by atoms with E-state index in [1.807, 2.05) is 0 Å². The summed E-state index contributed by atoms with van der Waals surface area (Å²) in [4.78, 5) is 17.7. The normalized spacial score (nSPS) is 26.1. The zero-order valence-corrected chi connectivity index (χ0v) is 13.7. The Labute approximate surface area is 131 Å². The maximum atomic E-state index is 6.13. The van der Waals surface area contributed by atoms with Crippen molar-refractivity contribution in [3.63, 3.8) is 0 Å². The van der Waals surface area contributed by atoms with Crippen molar-refractivity contribution in [1.29, 1.82) is 0 Å². The van der Waals surface area contributed by atoms with Gasteiger partial charge in [0.05, 0.1) is 0 Å². The van der Waals surface area contributed by atoms with E-state index < -0.39 is 0 Å². The molecule has 0 radical (unpaired) electrons. The Hall–Kier alpha value is -1.10. The summed E-state index contributed by atoms with van der Waals surface area (Å²) in [5.74, 6) is 2.13. The molecular weight excluding hydrogens is 286 g/mol. The smallest absolute Gasteiger partial charge is 0.231 e. The van der Waals surface area contributed by atoms with Crippen LogP contribution in [0.25, 0.3) is 0 Å². The highest BCUT2D eigenvalue weighted by atomic mass is 35.5. The van der Waals surface area contributed by atoms with Crippen LogP contribution in [0.15, 0.2) is 0 Å². The van der Waals surface area contributed by atoms with Crippen molar-refractivity contribution < 1.29 is 0 Å². The molecule has 0 bridgehead atoms. The van der Waals surface area contributed by atoms with E-state index in [1.165, 1.54) is 38.5 Å². The van der Waals surface area contributed by atoms with Crippen LogP contribution in [-0.4, -0.2) is 41.1 Å². The van der Waals surface area contributed by atoms with Gasteiger partial charge in [0.25, 0.3) is 0 Å². The first-order valence-corrected chi connectivity index (χ1v) is 8.42. The van der Waals surface area contributed by atoms with Crippen LogP contribution in [0, 0.1) is 5.92 Å². The van der Waals surface area contributed by atoms with Crippen molar-refractivity contribution in [3.8, 4) is 0 Å². The molecule has 0 aromatic carbocycles. The van der Waals surface area contributed by atoms with Gasteiger partial charge in [-0.3, -0.25) is 0 Å². The van der Waals surface area contributed by atoms with Crippen molar-refractivity contribution in [3.05, 3.63) is 5.28 Å². The van der Waals surface area contributed by atoms with Crippen LogP contribution < -0.4 is 9.80 Å². The third-order valence-corrected chi connectivity index (χ3v) is 5.02. The first-order chi connectivity index (χ1) is 10.1. The lowest BCUT2D eigenvalue weighted by atomic mass is 9.85. The molecule has 1 aliphatic carbocycles. The molecule has 2 unspecified atom stereocenters. The van der Waals surface area contributed by atoms with Gasteiger partial charge in [-0.15, -0.1) is 0 Å². The number of hydrogen-bond donors (Lipinski definition) is 0. The van der Waals surface area contributed by atoms with Crippen molar-refractivity contribution in [1.82, 2.24) is 15.0 Å². The van der Waals surface area contributed by atoms with Gasteiger partial charge in [-0.05, 0) is 43.2 Å². The van der Waals surface area contributed by atoms with Crippen LogP contribution in [0.2, 0.25) is 5.28 Å². The summed E-state index contributed by atoms with van der Waals surface area (Å²) in [5.41, 5.74) is 0. The average molecular weight is 310 g/mol. The van der Waals surface area contributed by atoms with E-state index in [9.17, 15) is 0 Å². The van der Waals surface area contributed by atoms with Gasteiger partial charge >= 0.3 is 0 Å². The second-order valence-electron chi connectivity index (χ2n) is 6.34. The maximum absolute atomic E-state index is 6.13. The number of halogens is 1. The first kappa shape index (κ1) is 14.8. The van der Waals surface area contributed by atoms with E-state index in [0.717, 1.165) is 25.0 Å². The zero-order valence-electron chi connectivity index (χ0n) is 12.9. The Morgan fingerprint density at radius 2 is 1.76 bits per heavy atom. The molecule has 5 nitrogen and oxygen atoms in total. The van der Waals surface area contributed by atoms with Crippen molar-refractivity contribution >= 4 is 23.5 Å². The van der Waals surface area contributed by atoms with Gasteiger partial charge in [-0.2, -0.15) is 15.0 Å². The molecule has 2 heterocycles. The fraction of sp³-hybridized carbons (Fsp3) is 0.800. The van der Waals surface area contributed by atoms with Gasteiger partial charge < -0.3 is 9.80 Å². The molecule has 0 spiro atoms. The summed E-state index contributed by atoms with van der Waals surface area (Å²) in [7, 11) is 2.09. The lowest BCUT2D eigenvalue weighted by Crippen LogP contribution is -2.40. The average Bonchev–Trinajstić information content (AvgIpc) is 3.01. The van der Waals surface area contributed by atoms with Crippen molar-refractivity contribution in [2.45, 2.75) is 51.5 Å². The Kier molecular flexibility index (Phi) is 4.48. The summed E-state index contributed by atoms with van der Waals surface area (Å²) in [6.07, 6.45) is 7.52. The molecule has 1 saturated heterocycles. The van der Waals surface area contributed by atoms with E-state index in [2.05, 4.69) is 38.7 Å². The summed E-state index contributed by atoms with van der Waals surface area (Å²) in [6.45, 7) is 4.36. The van der Waals surface area contributed by atoms with E-state index >= 15 is 0 Å². The van der Waals surface area contributed by atoms with Gasteiger partial charge in [0.1, 0.15) is 0 Å². The minimum atomic E-state index is 0.303. The molecule has 1 saturated carbocycles. The zero-order chi connectivity index (χ0) is 14.8. The molecule has 1 aromatic heterocycles. The summed E-state index contributed by atoms with van der Waals surface area (Å²) >= 11 is 6.13. The molecule has 116 valence electrons. The van der Waals surface area contributed by atoms with E-state index in [0.29, 0.717) is 17.2 Å². The molecule has 2 fully saturated rings. The highest BCUT2D eigenvalue weighted by Crippen LogP contribution is 2.30. The van der Waals surface area contributed by atoms with Crippen LogP contribution in [-0.2, 0) is 0 Å². The predicted octanol–water partition coefficient (Wildman–Crippen LogP) is 3.14. The molecular formula is C15H24ClN5. The highest BCUT2D eigenvalue weighted by molar-refractivity contribution is 6.28. The molecule has 2 atom stereocenters. The lowest BCUT2D eigenvalue weighted by molar-refractivity contribution is 0.319. The number of rotatable bonds is 3. The molecule has 6 heteroatoms. The second kappa shape index (κ2) is 6.34. The van der Waals surface area contributed by atoms with Gasteiger partial charge in [0, 0.05) is 26.2 Å². The van der Waals surface area contributed by atoms with Crippen LogP contribution in [0.3, 0.4) is 0 Å². The highest BCUT2D eigenvalue weighted by Gasteiger charge is 2.27. The Morgan fingerprint density at radius 1 is 1.05 bits per heavy atom. The van der Waals surface area contributed by atoms with Gasteiger partial charge in [-0.1, -0.05) is 19.8 Å². The number of nitrogens with zero attached hydrogens (tertiary/aromatic N) is 5. The Balaban J connectivity index is 1.83. The first-order valence-electron chi connectivity index (χ1n) is 8.04. The van der Waals surface area contributed by atoms with E-state index in [-0.39, 0.29) is 0 Å². The van der Waals surface area contributed by atoms with Crippen molar-refractivity contribution in [2.24, 2.45) is 5.92 Å². The molecule has 2 aliphatic rings. The van der Waals surface area contributed by atoms with Crippen molar-refractivity contribution in [2.75, 3.05) is 29.9 Å². The topological polar surface area (TPSA) is 45.2 Å². The van der Waals surface area contributed by atoms with Gasteiger partial charge in [0.2, 0.25) is 17.2 Å². The number of aromatic nitrogens is 3. The molecule has 1 aliphatic heterocycles. The van der Waals surface area contributed by atoms with Crippen LogP contribution >= 0.6 is 11.6 Å². The Morgan fingerprint density at radius 3 is 2.48 bits per heavy atom. The third kappa shape index (κ3) is 3.23. The monoisotopic (exact) mass is 309 g/mol. The fourth-order valence-electron chi connectivity index (χ4n) is 3.57. The quantitative estimate of drug-likeness (QED) is 0.858. The fourth-order valence-corrected chi connectivity index (χ4v) is 3.72. The minimum Gasteiger partial charge on any atom is -0.341 e. The van der Waals surface area contributed by atoms with Crippen LogP contribution in [0.1, 0.15) is 45.4 Å². The molecule has 3 rings (SSSR count). The number of hydrogen-bond acceptors (Lipinski definition) is 5. The standard InChI is InChI=1S/C15H24ClN5/c1-11-7-3-4-8-12(11)20(2)14-17-13(16)18-15(19-14)21-9-5-6-10-21/h11-12H,3-10H2,1-2H3. The Bertz CT molecular complexity index is 489. The molecule has 0 N–H and O–H groups in total. The maximum Gasteiger partial charge on any atom is 0.231 e.